The van der Waals surface area contributed by atoms with Gasteiger partial charge in [0, 0.05) is 19.4 Å². The highest BCUT2D eigenvalue weighted by Crippen LogP contribution is 2.15. The maximum atomic E-state index is 12.8. The van der Waals surface area contributed by atoms with Gasteiger partial charge in [0.25, 0.3) is 0 Å². The van der Waals surface area contributed by atoms with Gasteiger partial charge in [-0.25, -0.2) is 0 Å². The van der Waals surface area contributed by atoms with E-state index in [1.165, 1.54) is 109 Å². The summed E-state index contributed by atoms with van der Waals surface area (Å²) >= 11 is 0. The molecule has 5 heteroatoms. The number of carbonyl (C=O) groups excluding carboxylic acids is 2. The fourth-order valence-electron chi connectivity index (χ4n) is 7.46. The van der Waals surface area contributed by atoms with E-state index in [1.54, 1.807) is 0 Å². The molecule has 1 atom stereocenters. The standard InChI is InChI=1S/C59H102O5/c1-4-7-10-13-16-19-22-25-28-29-30-31-33-34-37-40-43-46-49-52-58(60)63-56-57(55-62-54-51-48-45-42-39-36-27-24-21-18-15-12-9-6-3)64-59(61)53-50-47-44-41-38-35-32-26-23-20-17-14-11-8-5-2/h7-8,10-11,16-17,19-20,25-26,28,30-32,57H,4-6,9,12-15,18,21-24,27,29,33-56H2,1-3H3/b10-7-,11-8-,19-16-,20-17-,28-25-,31-30-,32-26-. The lowest BCUT2D eigenvalue weighted by Gasteiger charge is -2.18. The molecule has 0 aliphatic rings. The Morgan fingerprint density at radius 3 is 1.12 bits per heavy atom. The van der Waals surface area contributed by atoms with E-state index < -0.39 is 6.10 Å². The van der Waals surface area contributed by atoms with Gasteiger partial charge >= 0.3 is 11.9 Å². The lowest BCUT2D eigenvalue weighted by atomic mass is 10.0. The van der Waals surface area contributed by atoms with E-state index in [2.05, 4.69) is 106 Å². The summed E-state index contributed by atoms with van der Waals surface area (Å²) in [7, 11) is 0. The molecule has 5 nitrogen and oxygen atoms in total. The van der Waals surface area contributed by atoms with Gasteiger partial charge in [0.2, 0.25) is 0 Å². The van der Waals surface area contributed by atoms with Crippen LogP contribution in [-0.2, 0) is 23.8 Å². The zero-order valence-electron chi connectivity index (χ0n) is 42.3. The number of rotatable bonds is 49. The van der Waals surface area contributed by atoms with Crippen LogP contribution in [0.2, 0.25) is 0 Å². The van der Waals surface area contributed by atoms with Crippen molar-refractivity contribution < 1.29 is 23.8 Å². The molecule has 0 saturated heterocycles. The Morgan fingerprint density at radius 2 is 0.703 bits per heavy atom. The van der Waals surface area contributed by atoms with Gasteiger partial charge in [-0.2, -0.15) is 0 Å². The van der Waals surface area contributed by atoms with E-state index in [4.69, 9.17) is 14.2 Å². The molecule has 0 N–H and O–H groups in total. The summed E-state index contributed by atoms with van der Waals surface area (Å²) in [6.07, 6.45) is 71.6. The molecule has 0 bridgehead atoms. The lowest BCUT2D eigenvalue weighted by Crippen LogP contribution is -2.30. The first-order valence-corrected chi connectivity index (χ1v) is 27.1. The van der Waals surface area contributed by atoms with Gasteiger partial charge in [-0.1, -0.05) is 234 Å². The maximum absolute atomic E-state index is 12.8. The van der Waals surface area contributed by atoms with E-state index >= 15 is 0 Å². The number of esters is 2. The van der Waals surface area contributed by atoms with E-state index in [-0.39, 0.29) is 25.2 Å². The Balaban J connectivity index is 4.31. The predicted molar refractivity (Wildman–Crippen MR) is 279 cm³/mol. The molecule has 0 aliphatic carbocycles. The normalized spacial score (nSPS) is 12.9. The van der Waals surface area contributed by atoms with Gasteiger partial charge < -0.3 is 14.2 Å². The fraction of sp³-hybridized carbons (Fsp3) is 0.729. The molecule has 368 valence electrons. The smallest absolute Gasteiger partial charge is 0.306 e. The minimum atomic E-state index is -0.553. The van der Waals surface area contributed by atoms with E-state index in [0.29, 0.717) is 19.4 Å². The molecule has 0 aromatic carbocycles. The Labute approximate surface area is 397 Å². The molecule has 0 fully saturated rings. The Kier molecular flexibility index (Phi) is 51.9. The molecular weight excluding hydrogens is 789 g/mol. The van der Waals surface area contributed by atoms with Crippen molar-refractivity contribution in [2.75, 3.05) is 19.8 Å². The fourth-order valence-corrected chi connectivity index (χ4v) is 7.46. The van der Waals surface area contributed by atoms with Gasteiger partial charge in [0.15, 0.2) is 6.10 Å². The first-order chi connectivity index (χ1) is 31.6. The van der Waals surface area contributed by atoms with Gasteiger partial charge in [0.1, 0.15) is 6.61 Å². The average Bonchev–Trinajstić information content (AvgIpc) is 3.30. The molecule has 0 amide bonds. The van der Waals surface area contributed by atoms with Crippen molar-refractivity contribution in [2.45, 2.75) is 258 Å². The SMILES string of the molecule is CC/C=C\C/C=C\C/C=C\C/C=C\CCCCCCCCC(=O)OCC(COCCCCCCCCCCCCCCCC)OC(=O)CCCCCCC/C=C\C/C=C\C/C=C\CC. The summed E-state index contributed by atoms with van der Waals surface area (Å²) in [5.41, 5.74) is 0. The maximum Gasteiger partial charge on any atom is 0.306 e. The van der Waals surface area contributed by atoms with Crippen LogP contribution in [0, 0.1) is 0 Å². The average molecular weight is 891 g/mol. The first kappa shape index (κ1) is 61.1. The summed E-state index contributed by atoms with van der Waals surface area (Å²) in [6, 6.07) is 0. The van der Waals surface area contributed by atoms with Crippen molar-refractivity contribution in [3.63, 3.8) is 0 Å². The molecule has 0 aliphatic heterocycles. The third-order valence-corrected chi connectivity index (χ3v) is 11.4. The highest BCUT2D eigenvalue weighted by Gasteiger charge is 2.17. The third-order valence-electron chi connectivity index (χ3n) is 11.4. The summed E-state index contributed by atoms with van der Waals surface area (Å²) in [5, 5.41) is 0. The molecule has 0 saturated carbocycles. The third kappa shape index (κ3) is 51.7. The zero-order chi connectivity index (χ0) is 46.3. The lowest BCUT2D eigenvalue weighted by molar-refractivity contribution is -0.163. The number of unbranched alkanes of at least 4 members (excludes halogenated alkanes) is 24. The highest BCUT2D eigenvalue weighted by molar-refractivity contribution is 5.70. The molecule has 0 aromatic heterocycles. The topological polar surface area (TPSA) is 61.8 Å². The monoisotopic (exact) mass is 891 g/mol. The van der Waals surface area contributed by atoms with Crippen LogP contribution >= 0.6 is 0 Å². The minimum absolute atomic E-state index is 0.0693. The molecule has 0 rings (SSSR count). The van der Waals surface area contributed by atoms with Crippen LogP contribution in [0.1, 0.15) is 252 Å². The number of hydrogen-bond donors (Lipinski definition) is 0. The highest BCUT2D eigenvalue weighted by atomic mass is 16.6. The molecule has 1 unspecified atom stereocenters. The van der Waals surface area contributed by atoms with Crippen LogP contribution in [-0.4, -0.2) is 37.9 Å². The number of allylic oxidation sites excluding steroid dienone is 14. The summed E-state index contributed by atoms with van der Waals surface area (Å²) in [4.78, 5) is 25.5. The van der Waals surface area contributed by atoms with Crippen LogP contribution < -0.4 is 0 Å². The summed E-state index contributed by atoms with van der Waals surface area (Å²) in [6.45, 7) is 7.59. The van der Waals surface area contributed by atoms with Gasteiger partial charge in [-0.15, -0.1) is 0 Å². The Hall–Kier alpha value is -2.92. The van der Waals surface area contributed by atoms with E-state index in [0.717, 1.165) is 109 Å². The molecule has 0 radical (unpaired) electrons. The number of hydrogen-bond acceptors (Lipinski definition) is 5. The van der Waals surface area contributed by atoms with Crippen LogP contribution in [0.4, 0.5) is 0 Å². The molecular formula is C59H102O5. The van der Waals surface area contributed by atoms with Crippen LogP contribution in [0.3, 0.4) is 0 Å². The van der Waals surface area contributed by atoms with E-state index in [9.17, 15) is 9.59 Å². The van der Waals surface area contributed by atoms with Crippen molar-refractivity contribution in [3.05, 3.63) is 85.1 Å². The van der Waals surface area contributed by atoms with Crippen LogP contribution in [0.15, 0.2) is 85.1 Å². The van der Waals surface area contributed by atoms with E-state index in [1.807, 2.05) is 0 Å². The molecule has 0 aromatic rings. The van der Waals surface area contributed by atoms with Crippen molar-refractivity contribution in [1.29, 1.82) is 0 Å². The summed E-state index contributed by atoms with van der Waals surface area (Å²) in [5.74, 6) is -0.428. The zero-order valence-corrected chi connectivity index (χ0v) is 42.3. The van der Waals surface area contributed by atoms with Crippen molar-refractivity contribution in [1.82, 2.24) is 0 Å². The number of ether oxygens (including phenoxy) is 3. The second-order valence-corrected chi connectivity index (χ2v) is 17.7. The minimum Gasteiger partial charge on any atom is -0.462 e. The molecule has 0 heterocycles. The number of carbonyl (C=O) groups is 2. The van der Waals surface area contributed by atoms with Gasteiger partial charge in [0.05, 0.1) is 6.61 Å². The quantitative estimate of drug-likeness (QED) is 0.0346. The van der Waals surface area contributed by atoms with Gasteiger partial charge in [-0.3, -0.25) is 9.59 Å². The largest absolute Gasteiger partial charge is 0.462 e. The first-order valence-electron chi connectivity index (χ1n) is 27.1. The van der Waals surface area contributed by atoms with Crippen LogP contribution in [0.25, 0.3) is 0 Å². The van der Waals surface area contributed by atoms with Crippen molar-refractivity contribution in [3.8, 4) is 0 Å². The second-order valence-electron chi connectivity index (χ2n) is 17.7. The predicted octanol–water partition coefficient (Wildman–Crippen LogP) is 18.5. The second kappa shape index (κ2) is 54.4. The van der Waals surface area contributed by atoms with Crippen molar-refractivity contribution in [2.24, 2.45) is 0 Å². The molecule has 64 heavy (non-hydrogen) atoms. The van der Waals surface area contributed by atoms with Crippen LogP contribution in [0.5, 0.6) is 0 Å². The molecule has 0 spiro atoms. The van der Waals surface area contributed by atoms with Gasteiger partial charge in [-0.05, 0) is 89.9 Å². The van der Waals surface area contributed by atoms with Crippen molar-refractivity contribution >= 4 is 11.9 Å². The summed E-state index contributed by atoms with van der Waals surface area (Å²) < 4.78 is 17.4. The Morgan fingerprint density at radius 1 is 0.359 bits per heavy atom. The Bertz CT molecular complexity index is 1190.